The monoisotopic (exact) mass is 206 g/mol. The minimum absolute atomic E-state index is 0.566. The molecule has 2 atom stereocenters. The molecule has 1 saturated heterocycles. The molecule has 0 radical (unpaired) electrons. The Hall–Kier alpha value is -1.16. The normalized spacial score (nSPS) is 27.6. The molecule has 0 spiro atoms. The molecule has 1 aliphatic heterocycles. The fourth-order valence-electron chi connectivity index (χ4n) is 2.13. The van der Waals surface area contributed by atoms with Crippen LogP contribution in [0, 0.1) is 0 Å². The molecule has 0 aromatic carbocycles. The first-order chi connectivity index (χ1) is 7.27. The molecule has 0 saturated carbocycles. The van der Waals surface area contributed by atoms with Crippen LogP contribution in [0.2, 0.25) is 0 Å². The van der Waals surface area contributed by atoms with Gasteiger partial charge < -0.3 is 5.43 Å². The first kappa shape index (κ1) is 10.4. The molecule has 1 aromatic heterocycles. The van der Waals surface area contributed by atoms with Crippen molar-refractivity contribution in [3.63, 3.8) is 0 Å². The first-order valence-electron chi connectivity index (χ1n) is 5.58. The van der Waals surface area contributed by atoms with Crippen molar-refractivity contribution >= 4 is 5.82 Å². The van der Waals surface area contributed by atoms with Crippen molar-refractivity contribution < 1.29 is 0 Å². The van der Waals surface area contributed by atoms with Crippen LogP contribution in [-0.4, -0.2) is 27.1 Å². The van der Waals surface area contributed by atoms with E-state index in [0.717, 1.165) is 5.82 Å². The third kappa shape index (κ3) is 2.45. The maximum absolute atomic E-state index is 4.23. The van der Waals surface area contributed by atoms with Crippen molar-refractivity contribution in [1.82, 2.24) is 15.0 Å². The van der Waals surface area contributed by atoms with Crippen LogP contribution >= 0.6 is 0 Å². The molecule has 1 fully saturated rings. The van der Waals surface area contributed by atoms with Gasteiger partial charge in [-0.2, -0.15) is 0 Å². The summed E-state index contributed by atoms with van der Waals surface area (Å²) in [6, 6.07) is 1.13. The van der Waals surface area contributed by atoms with Crippen LogP contribution < -0.4 is 5.43 Å². The molecule has 2 heterocycles. The summed E-state index contributed by atoms with van der Waals surface area (Å²) in [6.45, 7) is 4.50. The maximum Gasteiger partial charge on any atom is 0.158 e. The summed E-state index contributed by atoms with van der Waals surface area (Å²) in [5.74, 6) is 0.832. The minimum atomic E-state index is 0.566. The lowest BCUT2D eigenvalue weighted by Gasteiger charge is -2.38. The van der Waals surface area contributed by atoms with Gasteiger partial charge in [0.2, 0.25) is 0 Å². The summed E-state index contributed by atoms with van der Waals surface area (Å²) < 4.78 is 0. The van der Waals surface area contributed by atoms with Gasteiger partial charge in [0.1, 0.15) is 0 Å². The number of anilines is 1. The summed E-state index contributed by atoms with van der Waals surface area (Å²) in [7, 11) is 0. The number of hydrogen-bond donors (Lipinski definition) is 1. The fourth-order valence-corrected chi connectivity index (χ4v) is 2.13. The van der Waals surface area contributed by atoms with Gasteiger partial charge >= 0.3 is 0 Å². The van der Waals surface area contributed by atoms with Gasteiger partial charge in [0, 0.05) is 24.5 Å². The predicted molar refractivity (Wildman–Crippen MR) is 60.3 cm³/mol. The Labute approximate surface area is 90.7 Å². The van der Waals surface area contributed by atoms with Crippen molar-refractivity contribution in [3.8, 4) is 0 Å². The van der Waals surface area contributed by atoms with E-state index in [9.17, 15) is 0 Å². The Morgan fingerprint density at radius 1 is 1.27 bits per heavy atom. The van der Waals surface area contributed by atoms with Gasteiger partial charge in [-0.25, -0.2) is 9.99 Å². The van der Waals surface area contributed by atoms with E-state index in [-0.39, 0.29) is 0 Å². The van der Waals surface area contributed by atoms with E-state index >= 15 is 0 Å². The highest BCUT2D eigenvalue weighted by Crippen LogP contribution is 2.22. The van der Waals surface area contributed by atoms with Gasteiger partial charge in [0.05, 0.1) is 6.20 Å². The van der Waals surface area contributed by atoms with E-state index in [1.165, 1.54) is 19.3 Å². The largest absolute Gasteiger partial charge is 0.301 e. The third-order valence-corrected chi connectivity index (χ3v) is 3.00. The molecule has 2 unspecified atom stereocenters. The average molecular weight is 206 g/mol. The Morgan fingerprint density at radius 2 is 2.00 bits per heavy atom. The number of aromatic nitrogens is 2. The molecule has 1 aromatic rings. The van der Waals surface area contributed by atoms with E-state index < -0.39 is 0 Å². The second-order valence-electron chi connectivity index (χ2n) is 4.24. The number of hydrazine groups is 1. The molecule has 15 heavy (non-hydrogen) atoms. The highest BCUT2D eigenvalue weighted by Gasteiger charge is 2.24. The second kappa shape index (κ2) is 4.57. The zero-order valence-electron chi connectivity index (χ0n) is 9.35. The quantitative estimate of drug-likeness (QED) is 0.804. The van der Waals surface area contributed by atoms with E-state index in [2.05, 4.69) is 34.3 Å². The predicted octanol–water partition coefficient (Wildman–Crippen LogP) is 2.07. The van der Waals surface area contributed by atoms with E-state index in [1.807, 2.05) is 0 Å². The van der Waals surface area contributed by atoms with Crippen LogP contribution in [-0.2, 0) is 0 Å². The molecule has 0 amide bonds. The van der Waals surface area contributed by atoms with Crippen LogP contribution in [0.15, 0.2) is 18.6 Å². The average Bonchev–Trinajstić information content (AvgIpc) is 2.25. The van der Waals surface area contributed by atoms with E-state index in [1.54, 1.807) is 18.6 Å². The van der Waals surface area contributed by atoms with Crippen LogP contribution in [0.3, 0.4) is 0 Å². The molecular formula is C11H18N4. The summed E-state index contributed by atoms with van der Waals surface area (Å²) in [4.78, 5) is 8.28. The van der Waals surface area contributed by atoms with Crippen LogP contribution in [0.5, 0.6) is 0 Å². The molecule has 2 rings (SSSR count). The smallest absolute Gasteiger partial charge is 0.158 e. The van der Waals surface area contributed by atoms with Crippen molar-refractivity contribution in [2.75, 3.05) is 5.43 Å². The van der Waals surface area contributed by atoms with Crippen molar-refractivity contribution in [2.24, 2.45) is 0 Å². The lowest BCUT2D eigenvalue weighted by molar-refractivity contribution is 0.135. The molecule has 82 valence electrons. The van der Waals surface area contributed by atoms with Crippen molar-refractivity contribution in [3.05, 3.63) is 18.6 Å². The van der Waals surface area contributed by atoms with Crippen molar-refractivity contribution in [1.29, 1.82) is 0 Å². The maximum atomic E-state index is 4.23. The molecule has 1 N–H and O–H groups in total. The summed E-state index contributed by atoms with van der Waals surface area (Å²) in [6.07, 6.45) is 8.97. The highest BCUT2D eigenvalue weighted by molar-refractivity contribution is 5.28. The zero-order valence-corrected chi connectivity index (χ0v) is 9.35. The number of nitrogens with zero attached hydrogens (tertiary/aromatic N) is 3. The molecule has 4 heteroatoms. The van der Waals surface area contributed by atoms with Gasteiger partial charge in [0.15, 0.2) is 5.82 Å². The van der Waals surface area contributed by atoms with E-state index in [0.29, 0.717) is 12.1 Å². The van der Waals surface area contributed by atoms with Gasteiger partial charge in [-0.1, -0.05) is 6.42 Å². The van der Waals surface area contributed by atoms with Gasteiger partial charge in [0.25, 0.3) is 0 Å². The Balaban J connectivity index is 2.03. The molecule has 0 aliphatic carbocycles. The van der Waals surface area contributed by atoms with Gasteiger partial charge in [-0.15, -0.1) is 0 Å². The standard InChI is InChI=1S/C11H18N4/c1-9-4-3-5-10(2)15(9)14-11-8-12-6-7-13-11/h6-10H,3-5H2,1-2H3,(H,13,14). The lowest BCUT2D eigenvalue weighted by atomic mass is 10.00. The molecular weight excluding hydrogens is 188 g/mol. The topological polar surface area (TPSA) is 41.0 Å². The summed E-state index contributed by atoms with van der Waals surface area (Å²) in [5, 5.41) is 2.29. The number of nitrogens with one attached hydrogen (secondary N) is 1. The van der Waals surface area contributed by atoms with Crippen molar-refractivity contribution in [2.45, 2.75) is 45.2 Å². The lowest BCUT2D eigenvalue weighted by Crippen LogP contribution is -2.47. The van der Waals surface area contributed by atoms with Gasteiger partial charge in [-0.05, 0) is 26.7 Å². The molecule has 0 bridgehead atoms. The summed E-state index contributed by atoms with van der Waals surface area (Å²) >= 11 is 0. The second-order valence-corrected chi connectivity index (χ2v) is 4.24. The van der Waals surface area contributed by atoms with Crippen LogP contribution in [0.25, 0.3) is 0 Å². The molecule has 1 aliphatic rings. The SMILES string of the molecule is CC1CCCC(C)N1Nc1cnccn1. The third-order valence-electron chi connectivity index (χ3n) is 3.00. The first-order valence-corrected chi connectivity index (χ1v) is 5.58. The van der Waals surface area contributed by atoms with Crippen LogP contribution in [0.4, 0.5) is 5.82 Å². The minimum Gasteiger partial charge on any atom is -0.301 e. The zero-order chi connectivity index (χ0) is 10.7. The number of piperidine rings is 1. The fraction of sp³-hybridized carbons (Fsp3) is 0.636. The van der Waals surface area contributed by atoms with Crippen LogP contribution in [0.1, 0.15) is 33.1 Å². The Kier molecular flexibility index (Phi) is 3.16. The Bertz CT molecular complexity index is 291. The highest BCUT2D eigenvalue weighted by atomic mass is 15.5. The molecule has 4 nitrogen and oxygen atoms in total. The Morgan fingerprint density at radius 3 is 2.60 bits per heavy atom. The number of rotatable bonds is 2. The summed E-state index contributed by atoms with van der Waals surface area (Å²) in [5.41, 5.74) is 3.34. The number of hydrogen-bond acceptors (Lipinski definition) is 4. The van der Waals surface area contributed by atoms with Gasteiger partial charge in [-0.3, -0.25) is 4.98 Å². The van der Waals surface area contributed by atoms with E-state index in [4.69, 9.17) is 0 Å².